The van der Waals surface area contributed by atoms with Crippen molar-refractivity contribution in [3.05, 3.63) is 65.7 Å². The van der Waals surface area contributed by atoms with Crippen LogP contribution in [0.15, 0.2) is 54.6 Å². The molecule has 0 saturated heterocycles. The van der Waals surface area contributed by atoms with Gasteiger partial charge in [-0.25, -0.2) is 4.79 Å². The average molecular weight is 323 g/mol. The van der Waals surface area contributed by atoms with Crippen LogP contribution in [-0.4, -0.2) is 11.9 Å². The van der Waals surface area contributed by atoms with Crippen molar-refractivity contribution in [2.45, 2.75) is 38.2 Å². The van der Waals surface area contributed by atoms with Gasteiger partial charge in [0.15, 0.2) is 0 Å². The summed E-state index contributed by atoms with van der Waals surface area (Å²) >= 11 is 0. The van der Waals surface area contributed by atoms with Gasteiger partial charge in [-0.1, -0.05) is 42.5 Å². The topological polar surface area (TPSA) is 55.4 Å². The van der Waals surface area contributed by atoms with Gasteiger partial charge in [0.05, 0.1) is 0 Å². The third-order valence-corrected chi connectivity index (χ3v) is 4.38. The molecule has 0 unspecified atom stereocenters. The number of ether oxygens (including phenoxy) is 1. The molecule has 0 radical (unpaired) electrons. The van der Waals surface area contributed by atoms with Crippen molar-refractivity contribution in [3.8, 4) is 0 Å². The Balaban J connectivity index is 1.50. The Morgan fingerprint density at radius 2 is 1.67 bits per heavy atom. The van der Waals surface area contributed by atoms with E-state index >= 15 is 0 Å². The molecule has 4 heteroatoms. The lowest BCUT2D eigenvalue weighted by molar-refractivity contribution is -0.120. The minimum atomic E-state index is -0.463. The van der Waals surface area contributed by atoms with Gasteiger partial charge in [-0.2, -0.15) is 0 Å². The van der Waals surface area contributed by atoms with Gasteiger partial charge in [-0.05, 0) is 42.0 Å². The maximum Gasteiger partial charge on any atom is 0.411 e. The van der Waals surface area contributed by atoms with Gasteiger partial charge in [0.25, 0.3) is 0 Å². The standard InChI is InChI=1S/C20H21NO3/c22-19-12-8-17(9-13-19)16-6-10-18(11-7-16)21-20(23)24-14-15-4-2-1-3-5-15/h1-7,10-11,17H,8-9,12-14H2,(H,21,23). The first-order chi connectivity index (χ1) is 11.7. The highest BCUT2D eigenvalue weighted by Gasteiger charge is 2.20. The van der Waals surface area contributed by atoms with E-state index in [9.17, 15) is 9.59 Å². The van der Waals surface area contributed by atoms with Crippen molar-refractivity contribution in [3.63, 3.8) is 0 Å². The van der Waals surface area contributed by atoms with E-state index in [1.165, 1.54) is 5.56 Å². The predicted octanol–water partition coefficient (Wildman–Crippen LogP) is 4.66. The average Bonchev–Trinajstić information content (AvgIpc) is 2.62. The summed E-state index contributed by atoms with van der Waals surface area (Å²) in [6, 6.07) is 17.4. The normalized spacial score (nSPS) is 15.1. The number of nitrogens with one attached hydrogen (secondary N) is 1. The number of hydrogen-bond donors (Lipinski definition) is 1. The quantitative estimate of drug-likeness (QED) is 0.890. The lowest BCUT2D eigenvalue weighted by atomic mass is 9.83. The summed E-state index contributed by atoms with van der Waals surface area (Å²) in [6.45, 7) is 0.251. The zero-order valence-corrected chi connectivity index (χ0v) is 13.5. The highest BCUT2D eigenvalue weighted by Crippen LogP contribution is 2.31. The Bertz CT molecular complexity index is 685. The number of anilines is 1. The molecule has 0 spiro atoms. The molecular weight excluding hydrogens is 302 g/mol. The Labute approximate surface area is 141 Å². The van der Waals surface area contributed by atoms with Gasteiger partial charge < -0.3 is 4.74 Å². The van der Waals surface area contributed by atoms with Crippen molar-refractivity contribution in [2.24, 2.45) is 0 Å². The number of amides is 1. The SMILES string of the molecule is O=C1CCC(c2ccc(NC(=O)OCc3ccccc3)cc2)CC1. The molecule has 24 heavy (non-hydrogen) atoms. The fourth-order valence-corrected chi connectivity index (χ4v) is 2.99. The fourth-order valence-electron chi connectivity index (χ4n) is 2.99. The Kier molecular flexibility index (Phi) is 5.26. The molecule has 1 amide bonds. The van der Waals surface area contributed by atoms with Crippen LogP contribution in [0, 0.1) is 0 Å². The van der Waals surface area contributed by atoms with Crippen LogP contribution in [0.3, 0.4) is 0 Å². The van der Waals surface area contributed by atoms with Gasteiger partial charge in [0, 0.05) is 18.5 Å². The number of carbonyl (C=O) groups is 2. The molecule has 1 N–H and O–H groups in total. The molecule has 0 heterocycles. The van der Waals surface area contributed by atoms with E-state index in [1.807, 2.05) is 54.6 Å². The molecule has 4 nitrogen and oxygen atoms in total. The number of ketones is 1. The molecule has 0 aromatic heterocycles. The van der Waals surface area contributed by atoms with Crippen molar-refractivity contribution in [1.82, 2.24) is 0 Å². The molecule has 1 saturated carbocycles. The fraction of sp³-hybridized carbons (Fsp3) is 0.300. The van der Waals surface area contributed by atoms with Crippen molar-refractivity contribution >= 4 is 17.6 Å². The molecule has 1 aliphatic rings. The van der Waals surface area contributed by atoms with E-state index in [0.29, 0.717) is 30.2 Å². The summed E-state index contributed by atoms with van der Waals surface area (Å²) in [5.74, 6) is 0.812. The van der Waals surface area contributed by atoms with Gasteiger partial charge in [0.2, 0.25) is 0 Å². The van der Waals surface area contributed by atoms with E-state index in [4.69, 9.17) is 4.74 Å². The Morgan fingerprint density at radius 1 is 1.00 bits per heavy atom. The Morgan fingerprint density at radius 3 is 2.33 bits per heavy atom. The molecule has 1 aliphatic carbocycles. The van der Waals surface area contributed by atoms with E-state index in [-0.39, 0.29) is 6.61 Å². The first-order valence-electron chi connectivity index (χ1n) is 8.30. The summed E-state index contributed by atoms with van der Waals surface area (Å²) in [5.41, 5.74) is 2.89. The van der Waals surface area contributed by atoms with Crippen molar-refractivity contribution < 1.29 is 14.3 Å². The molecule has 0 bridgehead atoms. The van der Waals surface area contributed by atoms with Gasteiger partial charge >= 0.3 is 6.09 Å². The summed E-state index contributed by atoms with van der Waals surface area (Å²) in [4.78, 5) is 23.2. The summed E-state index contributed by atoms with van der Waals surface area (Å²) in [5, 5.41) is 2.73. The van der Waals surface area contributed by atoms with Crippen LogP contribution in [0.2, 0.25) is 0 Å². The monoisotopic (exact) mass is 323 g/mol. The van der Waals surface area contributed by atoms with E-state index < -0.39 is 6.09 Å². The van der Waals surface area contributed by atoms with Crippen LogP contribution in [0.25, 0.3) is 0 Å². The second-order valence-electron chi connectivity index (χ2n) is 6.12. The molecule has 0 aliphatic heterocycles. The molecular formula is C20H21NO3. The lowest BCUT2D eigenvalue weighted by Gasteiger charge is -2.21. The first-order valence-corrected chi connectivity index (χ1v) is 8.30. The van der Waals surface area contributed by atoms with Crippen LogP contribution in [0.4, 0.5) is 10.5 Å². The largest absolute Gasteiger partial charge is 0.444 e. The summed E-state index contributed by atoms with van der Waals surface area (Å²) in [7, 11) is 0. The van der Waals surface area contributed by atoms with Gasteiger partial charge in [0.1, 0.15) is 12.4 Å². The van der Waals surface area contributed by atoms with Crippen LogP contribution in [-0.2, 0) is 16.1 Å². The number of rotatable bonds is 4. The molecule has 2 aromatic carbocycles. The second-order valence-corrected chi connectivity index (χ2v) is 6.12. The first kappa shape index (κ1) is 16.2. The van der Waals surface area contributed by atoms with E-state index in [0.717, 1.165) is 18.4 Å². The third-order valence-electron chi connectivity index (χ3n) is 4.38. The van der Waals surface area contributed by atoms with Crippen molar-refractivity contribution in [2.75, 3.05) is 5.32 Å². The predicted molar refractivity (Wildman–Crippen MR) is 92.9 cm³/mol. The smallest absolute Gasteiger partial charge is 0.411 e. The van der Waals surface area contributed by atoms with E-state index in [2.05, 4.69) is 5.32 Å². The second kappa shape index (κ2) is 7.77. The third kappa shape index (κ3) is 4.44. The van der Waals surface area contributed by atoms with Crippen LogP contribution >= 0.6 is 0 Å². The highest BCUT2D eigenvalue weighted by molar-refractivity contribution is 5.84. The Hall–Kier alpha value is -2.62. The zero-order chi connectivity index (χ0) is 16.8. The minimum absolute atomic E-state index is 0.251. The summed E-state index contributed by atoms with van der Waals surface area (Å²) < 4.78 is 5.20. The van der Waals surface area contributed by atoms with E-state index in [1.54, 1.807) is 0 Å². The number of benzene rings is 2. The molecule has 1 fully saturated rings. The maximum atomic E-state index is 11.8. The van der Waals surface area contributed by atoms with Gasteiger partial charge in [-0.15, -0.1) is 0 Å². The van der Waals surface area contributed by atoms with Crippen LogP contribution in [0.1, 0.15) is 42.7 Å². The minimum Gasteiger partial charge on any atom is -0.444 e. The molecule has 3 rings (SSSR count). The van der Waals surface area contributed by atoms with Gasteiger partial charge in [-0.3, -0.25) is 10.1 Å². The molecule has 124 valence electrons. The zero-order valence-electron chi connectivity index (χ0n) is 13.5. The number of hydrogen-bond acceptors (Lipinski definition) is 3. The van der Waals surface area contributed by atoms with Crippen LogP contribution < -0.4 is 5.32 Å². The maximum absolute atomic E-state index is 11.8. The molecule has 2 aromatic rings. The molecule has 0 atom stereocenters. The number of carbonyl (C=O) groups excluding carboxylic acids is 2. The number of Topliss-reactive ketones (excluding diaryl/α,β-unsaturated/α-hetero) is 1. The van der Waals surface area contributed by atoms with Crippen LogP contribution in [0.5, 0.6) is 0 Å². The van der Waals surface area contributed by atoms with Crippen molar-refractivity contribution in [1.29, 1.82) is 0 Å². The highest BCUT2D eigenvalue weighted by atomic mass is 16.5. The lowest BCUT2D eigenvalue weighted by Crippen LogP contribution is -2.14. The summed E-state index contributed by atoms with van der Waals surface area (Å²) in [6.07, 6.45) is 2.73.